The predicted molar refractivity (Wildman–Crippen MR) is 51.3 cm³/mol. The Balaban J connectivity index is 3.19. The van der Waals surface area contributed by atoms with Crippen LogP contribution in [0.15, 0.2) is 11.3 Å². The molecule has 0 radical (unpaired) electrons. The van der Waals surface area contributed by atoms with Gasteiger partial charge in [0.1, 0.15) is 11.5 Å². The molecule has 0 atom stereocenters. The Morgan fingerprint density at radius 1 is 1.92 bits per heavy atom. The number of terminal acetylenes is 1. The van der Waals surface area contributed by atoms with Gasteiger partial charge in [-0.05, 0) is 6.72 Å². The van der Waals surface area contributed by atoms with Crippen molar-refractivity contribution < 1.29 is 0 Å². The lowest BCUT2D eigenvalue weighted by Crippen LogP contribution is -2.11. The SMILES string of the molecule is C#CCn1cnc(C(=N)N)c1N=C. The number of aliphatic imine (C=N–C) groups is 1. The highest BCUT2D eigenvalue weighted by molar-refractivity contribution is 5.97. The van der Waals surface area contributed by atoms with Crippen LogP contribution in [0.25, 0.3) is 0 Å². The molecule has 66 valence electrons. The van der Waals surface area contributed by atoms with Gasteiger partial charge in [-0.25, -0.2) is 9.98 Å². The first-order chi connectivity index (χ1) is 6.20. The molecule has 0 aliphatic heterocycles. The summed E-state index contributed by atoms with van der Waals surface area (Å²) in [5.74, 6) is 2.73. The summed E-state index contributed by atoms with van der Waals surface area (Å²) in [6.45, 7) is 3.70. The van der Waals surface area contributed by atoms with Crippen LogP contribution >= 0.6 is 0 Å². The van der Waals surface area contributed by atoms with Crippen molar-refractivity contribution in [1.82, 2.24) is 9.55 Å². The van der Waals surface area contributed by atoms with Gasteiger partial charge in [-0.3, -0.25) is 5.41 Å². The Kier molecular flexibility index (Phi) is 2.45. The molecule has 1 rings (SSSR count). The first-order valence-corrected chi connectivity index (χ1v) is 3.50. The van der Waals surface area contributed by atoms with Gasteiger partial charge in [0.15, 0.2) is 5.82 Å². The molecular formula is C8H9N5. The maximum absolute atomic E-state index is 7.19. The van der Waals surface area contributed by atoms with Crippen LogP contribution in [-0.4, -0.2) is 22.1 Å². The summed E-state index contributed by atoms with van der Waals surface area (Å²) < 4.78 is 1.60. The van der Waals surface area contributed by atoms with Gasteiger partial charge in [-0.2, -0.15) is 0 Å². The second-order valence-corrected chi connectivity index (χ2v) is 2.32. The molecule has 0 saturated carbocycles. The van der Waals surface area contributed by atoms with Crippen molar-refractivity contribution in [3.8, 4) is 12.3 Å². The number of hydrogen-bond donors (Lipinski definition) is 2. The van der Waals surface area contributed by atoms with E-state index in [9.17, 15) is 0 Å². The third-order valence-electron chi connectivity index (χ3n) is 1.48. The van der Waals surface area contributed by atoms with Crippen molar-refractivity contribution in [2.24, 2.45) is 10.7 Å². The maximum Gasteiger partial charge on any atom is 0.163 e. The molecular weight excluding hydrogens is 166 g/mol. The fourth-order valence-electron chi connectivity index (χ4n) is 0.946. The van der Waals surface area contributed by atoms with Crippen LogP contribution in [-0.2, 0) is 6.54 Å². The number of hydrogen-bond acceptors (Lipinski definition) is 3. The Bertz CT molecular complexity index is 382. The van der Waals surface area contributed by atoms with Crippen LogP contribution in [0, 0.1) is 17.8 Å². The van der Waals surface area contributed by atoms with Gasteiger partial charge in [-0.15, -0.1) is 6.42 Å². The van der Waals surface area contributed by atoms with Crippen LogP contribution in [0.4, 0.5) is 5.82 Å². The van der Waals surface area contributed by atoms with E-state index in [2.05, 4.69) is 22.6 Å². The van der Waals surface area contributed by atoms with Crippen molar-refractivity contribution in [2.75, 3.05) is 0 Å². The van der Waals surface area contributed by atoms with Crippen LogP contribution in [0.1, 0.15) is 5.69 Å². The van der Waals surface area contributed by atoms with E-state index in [1.807, 2.05) is 0 Å². The van der Waals surface area contributed by atoms with Crippen molar-refractivity contribution in [2.45, 2.75) is 6.54 Å². The van der Waals surface area contributed by atoms with Gasteiger partial charge in [-0.1, -0.05) is 5.92 Å². The third kappa shape index (κ3) is 1.56. The minimum Gasteiger partial charge on any atom is -0.382 e. The topological polar surface area (TPSA) is 80.0 Å². The van der Waals surface area contributed by atoms with E-state index in [-0.39, 0.29) is 5.84 Å². The highest BCUT2D eigenvalue weighted by atomic mass is 15.1. The van der Waals surface area contributed by atoms with E-state index in [1.54, 1.807) is 4.57 Å². The maximum atomic E-state index is 7.19. The smallest absolute Gasteiger partial charge is 0.163 e. The van der Waals surface area contributed by atoms with Crippen molar-refractivity contribution in [3.05, 3.63) is 12.0 Å². The molecule has 1 heterocycles. The molecule has 1 aromatic rings. The molecule has 0 aliphatic rings. The highest BCUT2D eigenvalue weighted by Crippen LogP contribution is 2.16. The van der Waals surface area contributed by atoms with Crippen molar-refractivity contribution >= 4 is 18.4 Å². The lowest BCUT2D eigenvalue weighted by atomic mass is 10.4. The average Bonchev–Trinajstić information content (AvgIpc) is 2.48. The lowest BCUT2D eigenvalue weighted by molar-refractivity contribution is 0.842. The van der Waals surface area contributed by atoms with Gasteiger partial charge in [0.2, 0.25) is 0 Å². The molecule has 5 nitrogen and oxygen atoms in total. The molecule has 0 saturated heterocycles. The summed E-state index contributed by atoms with van der Waals surface area (Å²) in [5.41, 5.74) is 5.58. The molecule has 0 spiro atoms. The molecule has 0 aromatic carbocycles. The first kappa shape index (κ1) is 9.00. The number of nitrogens with two attached hydrogens (primary N) is 1. The molecule has 5 heteroatoms. The standard InChI is InChI=1S/C8H9N5/c1-3-4-13-5-12-6(7(9)10)8(13)11-2/h1,5H,2,4H2,(H3,9,10). The minimum absolute atomic E-state index is 0.141. The van der Waals surface area contributed by atoms with Gasteiger partial charge in [0, 0.05) is 0 Å². The summed E-state index contributed by atoms with van der Waals surface area (Å²) in [7, 11) is 0. The fourth-order valence-corrected chi connectivity index (χ4v) is 0.946. The number of amidine groups is 1. The van der Waals surface area contributed by atoms with Crippen LogP contribution < -0.4 is 5.73 Å². The van der Waals surface area contributed by atoms with E-state index >= 15 is 0 Å². The number of nitrogens with one attached hydrogen (secondary N) is 1. The average molecular weight is 175 g/mol. The molecule has 0 fully saturated rings. The van der Waals surface area contributed by atoms with E-state index in [1.165, 1.54) is 6.33 Å². The zero-order chi connectivity index (χ0) is 9.84. The Morgan fingerprint density at radius 2 is 2.62 bits per heavy atom. The van der Waals surface area contributed by atoms with Crippen LogP contribution in [0.2, 0.25) is 0 Å². The molecule has 0 bridgehead atoms. The number of aromatic nitrogens is 2. The fraction of sp³-hybridized carbons (Fsp3) is 0.125. The predicted octanol–water partition coefficient (Wildman–Crippen LogP) is 0.132. The number of nitrogen functional groups attached to an aromatic ring is 1. The monoisotopic (exact) mass is 175 g/mol. The Hall–Kier alpha value is -2.09. The molecule has 0 unspecified atom stereocenters. The molecule has 3 N–H and O–H groups in total. The van der Waals surface area contributed by atoms with Gasteiger partial charge < -0.3 is 10.3 Å². The summed E-state index contributed by atoms with van der Waals surface area (Å²) in [4.78, 5) is 7.59. The van der Waals surface area contributed by atoms with E-state index in [0.717, 1.165) is 0 Å². The lowest BCUT2D eigenvalue weighted by Gasteiger charge is -1.99. The Labute approximate surface area is 75.8 Å². The zero-order valence-electron chi connectivity index (χ0n) is 6.99. The number of nitrogens with zero attached hydrogens (tertiary/aromatic N) is 3. The molecule has 0 amide bonds. The van der Waals surface area contributed by atoms with Gasteiger partial charge >= 0.3 is 0 Å². The van der Waals surface area contributed by atoms with Crippen molar-refractivity contribution in [3.63, 3.8) is 0 Å². The van der Waals surface area contributed by atoms with Gasteiger partial charge in [0.25, 0.3) is 0 Å². The molecule has 1 aromatic heterocycles. The Morgan fingerprint density at radius 3 is 3.08 bits per heavy atom. The summed E-state index contributed by atoms with van der Waals surface area (Å²) in [6.07, 6.45) is 6.61. The summed E-state index contributed by atoms with van der Waals surface area (Å²) in [5, 5.41) is 7.19. The first-order valence-electron chi connectivity index (χ1n) is 3.50. The minimum atomic E-state index is -0.141. The van der Waals surface area contributed by atoms with Gasteiger partial charge in [0.05, 0.1) is 12.9 Å². The second-order valence-electron chi connectivity index (χ2n) is 2.32. The summed E-state index contributed by atoms with van der Waals surface area (Å²) >= 11 is 0. The highest BCUT2D eigenvalue weighted by Gasteiger charge is 2.10. The van der Waals surface area contributed by atoms with E-state index in [4.69, 9.17) is 17.6 Å². The normalized spacial score (nSPS) is 9.15. The second kappa shape index (κ2) is 3.54. The van der Waals surface area contributed by atoms with Crippen molar-refractivity contribution in [1.29, 1.82) is 5.41 Å². The molecule has 13 heavy (non-hydrogen) atoms. The summed E-state index contributed by atoms with van der Waals surface area (Å²) in [6, 6.07) is 0. The van der Waals surface area contributed by atoms with E-state index in [0.29, 0.717) is 18.1 Å². The van der Waals surface area contributed by atoms with Crippen LogP contribution in [0.5, 0.6) is 0 Å². The number of rotatable bonds is 3. The number of imidazole rings is 1. The van der Waals surface area contributed by atoms with E-state index < -0.39 is 0 Å². The third-order valence-corrected chi connectivity index (χ3v) is 1.48. The van der Waals surface area contributed by atoms with Crippen LogP contribution in [0.3, 0.4) is 0 Å². The molecule has 0 aliphatic carbocycles. The quantitative estimate of drug-likeness (QED) is 0.389. The largest absolute Gasteiger partial charge is 0.382 e. The zero-order valence-corrected chi connectivity index (χ0v) is 6.99.